The van der Waals surface area contributed by atoms with E-state index in [1.807, 2.05) is 6.07 Å². The maximum absolute atomic E-state index is 12.3. The van der Waals surface area contributed by atoms with Gasteiger partial charge in [0.1, 0.15) is 0 Å². The standard InChI is InChI=1S/C18H13N3O3/c19-10-11-4-3-5-12(8-11)20-16(22)9-14-13-6-1-2-7-15(13)21-17(14)18(23)24/h1-8,21H,9H2,(H,20,22)(H,23,24)/p-1. The molecule has 0 atom stereocenters. The topological polar surface area (TPSA) is 109 Å². The molecule has 0 aliphatic rings. The summed E-state index contributed by atoms with van der Waals surface area (Å²) >= 11 is 0. The molecule has 6 heteroatoms. The lowest BCUT2D eigenvalue weighted by Gasteiger charge is -2.07. The average molecular weight is 318 g/mol. The van der Waals surface area contributed by atoms with Gasteiger partial charge in [-0.2, -0.15) is 5.26 Å². The number of nitrogens with one attached hydrogen (secondary N) is 2. The van der Waals surface area contributed by atoms with Gasteiger partial charge in [-0.25, -0.2) is 0 Å². The average Bonchev–Trinajstić information content (AvgIpc) is 2.94. The molecule has 0 aliphatic carbocycles. The summed E-state index contributed by atoms with van der Waals surface area (Å²) in [6.45, 7) is 0. The molecule has 1 heterocycles. The van der Waals surface area contributed by atoms with Crippen LogP contribution in [0.3, 0.4) is 0 Å². The number of aromatic nitrogens is 1. The van der Waals surface area contributed by atoms with Crippen molar-refractivity contribution in [1.29, 1.82) is 5.26 Å². The number of aromatic carboxylic acids is 1. The van der Waals surface area contributed by atoms with E-state index >= 15 is 0 Å². The van der Waals surface area contributed by atoms with Gasteiger partial charge in [-0.3, -0.25) is 4.79 Å². The molecule has 0 radical (unpaired) electrons. The lowest BCUT2D eigenvalue weighted by Crippen LogP contribution is -2.25. The summed E-state index contributed by atoms with van der Waals surface area (Å²) in [6.07, 6.45) is -0.121. The van der Waals surface area contributed by atoms with Gasteiger partial charge in [0.15, 0.2) is 0 Å². The van der Waals surface area contributed by atoms with Crippen LogP contribution in [0.1, 0.15) is 21.6 Å². The molecule has 3 aromatic rings. The highest BCUT2D eigenvalue weighted by molar-refractivity contribution is 6.01. The van der Waals surface area contributed by atoms with Crippen LogP contribution >= 0.6 is 0 Å². The molecule has 1 amide bonds. The number of H-pyrrole nitrogens is 1. The number of carbonyl (C=O) groups is 2. The van der Waals surface area contributed by atoms with Gasteiger partial charge in [0.2, 0.25) is 5.91 Å². The normalized spacial score (nSPS) is 10.3. The van der Waals surface area contributed by atoms with E-state index in [0.29, 0.717) is 27.7 Å². The van der Waals surface area contributed by atoms with E-state index in [1.165, 1.54) is 0 Å². The lowest BCUT2D eigenvalue weighted by atomic mass is 10.1. The number of carbonyl (C=O) groups excluding carboxylic acids is 2. The summed E-state index contributed by atoms with van der Waals surface area (Å²) in [4.78, 5) is 26.3. The number of carboxylic acid groups (broad SMARTS) is 1. The first kappa shape index (κ1) is 15.3. The van der Waals surface area contributed by atoms with E-state index in [2.05, 4.69) is 10.3 Å². The largest absolute Gasteiger partial charge is 0.543 e. The number of anilines is 1. The number of hydrogen-bond donors (Lipinski definition) is 2. The van der Waals surface area contributed by atoms with Crippen LogP contribution in [0.2, 0.25) is 0 Å². The van der Waals surface area contributed by atoms with Crippen molar-refractivity contribution in [1.82, 2.24) is 4.98 Å². The smallest absolute Gasteiger partial charge is 0.228 e. The zero-order chi connectivity index (χ0) is 17.1. The molecule has 1 aromatic heterocycles. The van der Waals surface area contributed by atoms with Gasteiger partial charge < -0.3 is 20.2 Å². The quantitative estimate of drug-likeness (QED) is 0.761. The van der Waals surface area contributed by atoms with Crippen molar-refractivity contribution in [2.24, 2.45) is 0 Å². The van der Waals surface area contributed by atoms with E-state index in [-0.39, 0.29) is 18.0 Å². The van der Waals surface area contributed by atoms with Crippen molar-refractivity contribution in [2.75, 3.05) is 5.32 Å². The Bertz CT molecular complexity index is 983. The van der Waals surface area contributed by atoms with Crippen LogP contribution in [0, 0.1) is 11.3 Å². The second kappa shape index (κ2) is 6.26. The van der Waals surface area contributed by atoms with Gasteiger partial charge in [-0.1, -0.05) is 24.3 Å². The molecular weight excluding hydrogens is 306 g/mol. The minimum atomic E-state index is -1.36. The van der Waals surface area contributed by atoms with Crippen LogP contribution in [0.5, 0.6) is 0 Å². The zero-order valence-corrected chi connectivity index (χ0v) is 12.5. The van der Waals surface area contributed by atoms with Crippen molar-refractivity contribution in [3.05, 3.63) is 65.4 Å². The molecule has 6 nitrogen and oxygen atoms in total. The van der Waals surface area contributed by atoms with Crippen LogP contribution in [0.15, 0.2) is 48.5 Å². The van der Waals surface area contributed by atoms with Crippen LogP contribution in [0.25, 0.3) is 10.9 Å². The number of fused-ring (bicyclic) bond motifs is 1. The maximum Gasteiger partial charge on any atom is 0.228 e. The molecule has 0 spiro atoms. The van der Waals surface area contributed by atoms with Gasteiger partial charge in [-0.05, 0) is 29.8 Å². The summed E-state index contributed by atoms with van der Waals surface area (Å²) in [7, 11) is 0. The van der Waals surface area contributed by atoms with Gasteiger partial charge >= 0.3 is 0 Å². The molecule has 2 N–H and O–H groups in total. The third-order valence-electron chi connectivity index (χ3n) is 3.63. The van der Waals surface area contributed by atoms with Gasteiger partial charge in [0.05, 0.1) is 29.7 Å². The minimum Gasteiger partial charge on any atom is -0.543 e. The molecule has 0 fully saturated rings. The van der Waals surface area contributed by atoms with Crippen molar-refractivity contribution < 1.29 is 14.7 Å². The summed E-state index contributed by atoms with van der Waals surface area (Å²) < 4.78 is 0. The third kappa shape index (κ3) is 2.96. The van der Waals surface area contributed by atoms with E-state index in [9.17, 15) is 14.7 Å². The Balaban J connectivity index is 1.89. The summed E-state index contributed by atoms with van der Waals surface area (Å²) in [5.41, 5.74) is 1.81. The van der Waals surface area contributed by atoms with Crippen molar-refractivity contribution >= 4 is 28.5 Å². The predicted octanol–water partition coefficient (Wildman–Crippen LogP) is 1.58. The van der Waals surface area contributed by atoms with E-state index < -0.39 is 5.97 Å². The van der Waals surface area contributed by atoms with Crippen molar-refractivity contribution in [2.45, 2.75) is 6.42 Å². The van der Waals surface area contributed by atoms with Gasteiger partial charge in [0.25, 0.3) is 0 Å². The minimum absolute atomic E-state index is 0.0999. The maximum atomic E-state index is 12.3. The molecule has 0 saturated heterocycles. The fourth-order valence-corrected chi connectivity index (χ4v) is 2.59. The second-order valence-electron chi connectivity index (χ2n) is 5.23. The molecule has 0 bridgehead atoms. The number of aromatic amines is 1. The van der Waals surface area contributed by atoms with Crippen molar-refractivity contribution in [3.8, 4) is 6.07 Å². The molecule has 0 aliphatic heterocycles. The fraction of sp³-hybridized carbons (Fsp3) is 0.0556. The third-order valence-corrected chi connectivity index (χ3v) is 3.63. The number of nitriles is 1. The molecule has 0 unspecified atom stereocenters. The van der Waals surface area contributed by atoms with Gasteiger partial charge in [-0.15, -0.1) is 0 Å². The van der Waals surface area contributed by atoms with Crippen LogP contribution in [-0.4, -0.2) is 16.9 Å². The molecular formula is C18H12N3O3-. The van der Waals surface area contributed by atoms with E-state index in [1.54, 1.807) is 48.5 Å². The number of rotatable bonds is 4. The molecule has 24 heavy (non-hydrogen) atoms. The first-order valence-electron chi connectivity index (χ1n) is 7.19. The SMILES string of the molecule is N#Cc1cccc(NC(=O)Cc2c(C(=O)[O-])[nH]c3ccccc23)c1. The highest BCUT2D eigenvalue weighted by Gasteiger charge is 2.15. The molecule has 3 rings (SSSR count). The Morgan fingerprint density at radius 3 is 2.71 bits per heavy atom. The Kier molecular flexibility index (Phi) is 4.00. The highest BCUT2D eigenvalue weighted by Crippen LogP contribution is 2.23. The molecule has 2 aromatic carbocycles. The predicted molar refractivity (Wildman–Crippen MR) is 86.1 cm³/mol. The number of benzene rings is 2. The molecule has 0 saturated carbocycles. The molecule has 118 valence electrons. The number of nitrogens with zero attached hydrogens (tertiary/aromatic N) is 1. The number of para-hydroxylation sites is 1. The first-order valence-corrected chi connectivity index (χ1v) is 7.19. The Morgan fingerprint density at radius 2 is 1.96 bits per heavy atom. The number of carboxylic acids is 1. The summed E-state index contributed by atoms with van der Waals surface area (Å²) in [5.74, 6) is -1.74. The second-order valence-corrected chi connectivity index (χ2v) is 5.23. The lowest BCUT2D eigenvalue weighted by molar-refractivity contribution is -0.255. The highest BCUT2D eigenvalue weighted by atomic mass is 16.4. The number of hydrogen-bond acceptors (Lipinski definition) is 4. The van der Waals surface area contributed by atoms with E-state index in [4.69, 9.17) is 5.26 Å². The van der Waals surface area contributed by atoms with Crippen LogP contribution < -0.4 is 10.4 Å². The van der Waals surface area contributed by atoms with Crippen molar-refractivity contribution in [3.63, 3.8) is 0 Å². The Hall–Kier alpha value is -3.59. The zero-order valence-electron chi connectivity index (χ0n) is 12.5. The van der Waals surface area contributed by atoms with Crippen LogP contribution in [-0.2, 0) is 11.2 Å². The first-order chi connectivity index (χ1) is 11.6. The number of amides is 1. The monoisotopic (exact) mass is 318 g/mol. The summed E-state index contributed by atoms with van der Waals surface area (Å²) in [5, 5.41) is 23.5. The summed E-state index contributed by atoms with van der Waals surface area (Å²) in [6, 6.07) is 15.5. The Labute approximate surface area is 137 Å². The van der Waals surface area contributed by atoms with Crippen LogP contribution in [0.4, 0.5) is 5.69 Å². The Morgan fingerprint density at radius 1 is 1.17 bits per heavy atom. The fourth-order valence-electron chi connectivity index (χ4n) is 2.59. The van der Waals surface area contributed by atoms with Gasteiger partial charge in [0, 0.05) is 16.6 Å². The van der Waals surface area contributed by atoms with E-state index in [0.717, 1.165) is 0 Å².